The molecule has 8 heteroatoms. The van der Waals surface area contributed by atoms with Gasteiger partial charge in [0.15, 0.2) is 11.2 Å². The first-order chi connectivity index (χ1) is 13.0. The zero-order valence-electron chi connectivity index (χ0n) is 14.6. The van der Waals surface area contributed by atoms with Crippen molar-refractivity contribution in [2.24, 2.45) is 5.73 Å². The fraction of sp³-hybridized carbons (Fsp3) is 0.211. The molecule has 0 saturated heterocycles. The molecule has 1 atom stereocenters. The van der Waals surface area contributed by atoms with Crippen LogP contribution < -0.4 is 15.8 Å². The first-order valence-electron chi connectivity index (χ1n) is 8.26. The second-order valence-corrected chi connectivity index (χ2v) is 7.34. The number of anilines is 1. The number of carbonyl (C=O) groups is 2. The molecule has 4 rings (SSSR count). The average Bonchev–Trinajstić information content (AvgIpc) is 3.11. The molecule has 2 aromatic rings. The zero-order valence-corrected chi connectivity index (χ0v) is 15.4. The number of carbonyl (C=O) groups excluding carboxylic acids is 2. The van der Waals surface area contributed by atoms with Crippen LogP contribution in [0.25, 0.3) is 0 Å². The number of nitrogens with two attached hydrogens (primary N) is 1. The average molecular weight is 381 g/mol. The Morgan fingerprint density at radius 3 is 2.89 bits per heavy atom. The van der Waals surface area contributed by atoms with Crippen LogP contribution in [0.2, 0.25) is 0 Å². The van der Waals surface area contributed by atoms with E-state index in [1.807, 2.05) is 6.07 Å². The topological polar surface area (TPSA) is 114 Å². The van der Waals surface area contributed by atoms with Crippen LogP contribution in [0, 0.1) is 18.3 Å². The second kappa shape index (κ2) is 5.86. The van der Waals surface area contributed by atoms with Gasteiger partial charge in [-0.1, -0.05) is 18.2 Å². The largest absolute Gasteiger partial charge is 0.462 e. The minimum absolute atomic E-state index is 0.00843. The molecule has 0 aliphatic carbocycles. The molecule has 2 aliphatic heterocycles. The number of benzene rings is 1. The maximum atomic E-state index is 13.2. The Bertz CT molecular complexity index is 1080. The van der Waals surface area contributed by atoms with E-state index in [0.29, 0.717) is 21.0 Å². The molecule has 0 unspecified atom stereocenters. The van der Waals surface area contributed by atoms with Gasteiger partial charge in [-0.15, -0.1) is 11.3 Å². The molecular formula is C19H15N3O4S. The molecule has 27 heavy (non-hydrogen) atoms. The summed E-state index contributed by atoms with van der Waals surface area (Å²) in [7, 11) is 0. The van der Waals surface area contributed by atoms with E-state index in [1.54, 1.807) is 38.1 Å². The van der Waals surface area contributed by atoms with Crippen molar-refractivity contribution in [1.29, 1.82) is 5.26 Å². The van der Waals surface area contributed by atoms with Crippen molar-refractivity contribution >= 4 is 28.9 Å². The standard InChI is InChI=1S/C19H15N3O4S/c1-3-25-17(23)13-9(2)27-15-14(13)26-16(21)11(8-20)19(15)10-6-4-5-7-12(10)22-18(19)24/h4-7H,3,21H2,1-2H3,(H,22,24)/t19-/m1/s1. The van der Waals surface area contributed by atoms with Gasteiger partial charge in [0, 0.05) is 16.1 Å². The minimum Gasteiger partial charge on any atom is -0.462 e. The number of nitriles is 1. The van der Waals surface area contributed by atoms with E-state index >= 15 is 0 Å². The number of hydrogen-bond acceptors (Lipinski definition) is 7. The first kappa shape index (κ1) is 17.1. The number of nitrogens with one attached hydrogen (secondary N) is 1. The summed E-state index contributed by atoms with van der Waals surface area (Å²) in [6.07, 6.45) is 0. The van der Waals surface area contributed by atoms with Gasteiger partial charge in [-0.2, -0.15) is 5.26 Å². The minimum atomic E-state index is -1.44. The maximum absolute atomic E-state index is 13.2. The van der Waals surface area contributed by atoms with Gasteiger partial charge in [0.05, 0.1) is 11.5 Å². The third-order valence-electron chi connectivity index (χ3n) is 4.73. The molecule has 0 radical (unpaired) electrons. The van der Waals surface area contributed by atoms with Gasteiger partial charge in [0.25, 0.3) is 0 Å². The van der Waals surface area contributed by atoms with E-state index in [4.69, 9.17) is 15.2 Å². The van der Waals surface area contributed by atoms with Gasteiger partial charge in [0.1, 0.15) is 17.2 Å². The summed E-state index contributed by atoms with van der Waals surface area (Å²) >= 11 is 1.23. The van der Waals surface area contributed by atoms with Crippen LogP contribution in [0.4, 0.5) is 5.69 Å². The molecule has 136 valence electrons. The molecule has 0 bridgehead atoms. The molecule has 1 spiro atoms. The number of fused-ring (bicyclic) bond motifs is 4. The Hall–Kier alpha value is -3.31. The van der Waals surface area contributed by atoms with Crippen molar-refractivity contribution in [3.63, 3.8) is 0 Å². The number of thiophene rings is 1. The van der Waals surface area contributed by atoms with Gasteiger partial charge >= 0.3 is 5.97 Å². The smallest absolute Gasteiger partial charge is 0.343 e. The van der Waals surface area contributed by atoms with Crippen molar-refractivity contribution in [2.45, 2.75) is 19.3 Å². The molecule has 3 heterocycles. The lowest BCUT2D eigenvalue weighted by Crippen LogP contribution is -2.41. The molecule has 1 aromatic carbocycles. The Balaban J connectivity index is 2.08. The third-order valence-corrected chi connectivity index (χ3v) is 5.93. The van der Waals surface area contributed by atoms with Crippen LogP contribution in [0.1, 0.15) is 32.6 Å². The molecule has 7 nitrogen and oxygen atoms in total. The highest BCUT2D eigenvalue weighted by Crippen LogP contribution is 2.57. The van der Waals surface area contributed by atoms with Crippen LogP contribution in [0.15, 0.2) is 35.7 Å². The van der Waals surface area contributed by atoms with Crippen LogP contribution >= 0.6 is 11.3 Å². The summed E-state index contributed by atoms with van der Waals surface area (Å²) in [6.45, 7) is 3.65. The molecule has 0 saturated carbocycles. The lowest BCUT2D eigenvalue weighted by Gasteiger charge is -2.31. The summed E-state index contributed by atoms with van der Waals surface area (Å²) in [4.78, 5) is 26.7. The highest BCUT2D eigenvalue weighted by atomic mass is 32.1. The third kappa shape index (κ3) is 2.06. The van der Waals surface area contributed by atoms with E-state index in [1.165, 1.54) is 11.3 Å². The zero-order chi connectivity index (χ0) is 19.3. The number of amides is 1. The maximum Gasteiger partial charge on any atom is 0.343 e. The molecule has 3 N–H and O–H groups in total. The second-order valence-electron chi connectivity index (χ2n) is 6.11. The number of nitrogens with zero attached hydrogens (tertiary/aromatic N) is 1. The predicted octanol–water partition coefficient (Wildman–Crippen LogP) is 2.56. The Morgan fingerprint density at radius 2 is 2.19 bits per heavy atom. The SMILES string of the molecule is CCOC(=O)c1c(C)sc2c1OC(N)=C(C#N)[C@@]21C(=O)Nc2ccccc21. The highest BCUT2D eigenvalue weighted by molar-refractivity contribution is 7.13. The van der Waals surface area contributed by atoms with Crippen molar-refractivity contribution in [1.82, 2.24) is 0 Å². The highest BCUT2D eigenvalue weighted by Gasteiger charge is 2.58. The van der Waals surface area contributed by atoms with Gasteiger partial charge < -0.3 is 20.5 Å². The van der Waals surface area contributed by atoms with E-state index < -0.39 is 17.3 Å². The Kier molecular flexibility index (Phi) is 3.71. The van der Waals surface area contributed by atoms with E-state index in [0.717, 1.165) is 0 Å². The Labute approximate surface area is 159 Å². The number of para-hydroxylation sites is 1. The van der Waals surface area contributed by atoms with Crippen LogP contribution in [-0.4, -0.2) is 18.5 Å². The van der Waals surface area contributed by atoms with E-state index in [-0.39, 0.29) is 29.4 Å². The summed E-state index contributed by atoms with van der Waals surface area (Å²) in [5.41, 5.74) is 6.04. The summed E-state index contributed by atoms with van der Waals surface area (Å²) in [5, 5.41) is 12.6. The Morgan fingerprint density at radius 1 is 1.44 bits per heavy atom. The normalized spacial score (nSPS) is 19.8. The molecule has 1 aromatic heterocycles. The lowest BCUT2D eigenvalue weighted by molar-refractivity contribution is -0.118. The van der Waals surface area contributed by atoms with Crippen molar-refractivity contribution in [2.75, 3.05) is 11.9 Å². The van der Waals surface area contributed by atoms with E-state index in [9.17, 15) is 14.9 Å². The number of ether oxygens (including phenoxy) is 2. The summed E-state index contributed by atoms with van der Waals surface area (Å²) in [6, 6.07) is 9.15. The van der Waals surface area contributed by atoms with Crippen LogP contribution in [0.3, 0.4) is 0 Å². The van der Waals surface area contributed by atoms with Gasteiger partial charge in [-0.3, -0.25) is 4.79 Å². The molecular weight excluding hydrogens is 366 g/mol. The molecule has 0 fully saturated rings. The van der Waals surface area contributed by atoms with Crippen molar-refractivity contribution in [3.05, 3.63) is 56.6 Å². The monoisotopic (exact) mass is 381 g/mol. The van der Waals surface area contributed by atoms with Crippen molar-refractivity contribution in [3.8, 4) is 11.8 Å². The predicted molar refractivity (Wildman–Crippen MR) is 98.3 cm³/mol. The van der Waals surface area contributed by atoms with Crippen LogP contribution in [-0.2, 0) is 14.9 Å². The summed E-state index contributed by atoms with van der Waals surface area (Å²) in [5.74, 6) is -0.966. The molecule has 2 aliphatic rings. The fourth-order valence-electron chi connectivity index (χ4n) is 3.64. The fourth-order valence-corrected chi connectivity index (χ4v) is 4.92. The number of hydrogen-bond donors (Lipinski definition) is 2. The molecule has 1 amide bonds. The van der Waals surface area contributed by atoms with Crippen molar-refractivity contribution < 1.29 is 19.1 Å². The number of esters is 1. The lowest BCUT2D eigenvalue weighted by atomic mass is 9.72. The van der Waals surface area contributed by atoms with Gasteiger partial charge in [-0.05, 0) is 19.9 Å². The number of aryl methyl sites for hydroxylation is 1. The summed E-state index contributed by atoms with van der Waals surface area (Å²) < 4.78 is 10.8. The van der Waals surface area contributed by atoms with Gasteiger partial charge in [-0.25, -0.2) is 4.79 Å². The van der Waals surface area contributed by atoms with Crippen LogP contribution in [0.5, 0.6) is 5.75 Å². The first-order valence-corrected chi connectivity index (χ1v) is 9.08. The van der Waals surface area contributed by atoms with E-state index in [2.05, 4.69) is 5.32 Å². The van der Waals surface area contributed by atoms with Gasteiger partial charge in [0.2, 0.25) is 11.8 Å². The number of rotatable bonds is 2. The quantitative estimate of drug-likeness (QED) is 0.773.